The van der Waals surface area contributed by atoms with Crippen LogP contribution in [0.15, 0.2) is 18.2 Å². The van der Waals surface area contributed by atoms with Crippen LogP contribution in [0.3, 0.4) is 0 Å². The van der Waals surface area contributed by atoms with Crippen LogP contribution in [0.4, 0.5) is 4.79 Å². The van der Waals surface area contributed by atoms with Crippen molar-refractivity contribution in [2.45, 2.75) is 44.2 Å². The number of phenolic OH excluding ortho intramolecular Hbond substituents is 1. The van der Waals surface area contributed by atoms with Gasteiger partial charge in [-0.3, -0.25) is 4.90 Å². The molecule has 3 fully saturated rings. The van der Waals surface area contributed by atoms with E-state index in [1.165, 1.54) is 32.4 Å². The second-order valence-corrected chi connectivity index (χ2v) is 8.27. The molecule has 0 unspecified atom stereocenters. The van der Waals surface area contributed by atoms with Gasteiger partial charge in [0.05, 0.1) is 6.04 Å². The van der Waals surface area contributed by atoms with Crippen molar-refractivity contribution in [3.8, 4) is 5.75 Å². The molecule has 0 saturated carbocycles. The lowest BCUT2D eigenvalue weighted by Crippen LogP contribution is -2.44. The number of hydrogen-bond donors (Lipinski definition) is 2. The molecule has 2 amide bonds. The van der Waals surface area contributed by atoms with Crippen molar-refractivity contribution in [2.24, 2.45) is 11.8 Å². The maximum Gasteiger partial charge on any atom is 0.317 e. The van der Waals surface area contributed by atoms with Gasteiger partial charge in [-0.2, -0.15) is 0 Å². The zero-order chi connectivity index (χ0) is 17.0. The molecule has 1 aliphatic carbocycles. The van der Waals surface area contributed by atoms with Crippen LogP contribution in [0.1, 0.15) is 42.9 Å². The molecule has 2 N–H and O–H groups in total. The fourth-order valence-electron chi connectivity index (χ4n) is 5.75. The molecule has 4 aliphatic rings. The number of aromatic hydroxyl groups is 1. The highest BCUT2D eigenvalue weighted by molar-refractivity contribution is 5.75. The van der Waals surface area contributed by atoms with E-state index in [4.69, 9.17) is 0 Å². The Hall–Kier alpha value is -1.75. The molecular formula is C20H27N3O2. The molecule has 1 aromatic carbocycles. The summed E-state index contributed by atoms with van der Waals surface area (Å²) in [6.45, 7) is 4.26. The number of piperidine rings is 1. The van der Waals surface area contributed by atoms with Gasteiger partial charge in [-0.15, -0.1) is 0 Å². The van der Waals surface area contributed by atoms with Gasteiger partial charge in [0.15, 0.2) is 0 Å². The number of urea groups is 1. The van der Waals surface area contributed by atoms with Gasteiger partial charge in [0.1, 0.15) is 5.75 Å². The van der Waals surface area contributed by atoms with E-state index in [1.807, 2.05) is 17.0 Å². The van der Waals surface area contributed by atoms with Gasteiger partial charge in [0, 0.05) is 25.7 Å². The first-order valence-corrected chi connectivity index (χ1v) is 9.81. The number of nitrogens with one attached hydrogen (secondary N) is 1. The van der Waals surface area contributed by atoms with Crippen LogP contribution in [0, 0.1) is 11.8 Å². The van der Waals surface area contributed by atoms with E-state index in [0.717, 1.165) is 37.1 Å². The highest BCUT2D eigenvalue weighted by atomic mass is 16.3. The molecule has 25 heavy (non-hydrogen) atoms. The fourth-order valence-corrected chi connectivity index (χ4v) is 5.75. The van der Waals surface area contributed by atoms with Crippen LogP contribution in [0.25, 0.3) is 0 Å². The highest BCUT2D eigenvalue weighted by Gasteiger charge is 2.48. The van der Waals surface area contributed by atoms with Crippen molar-refractivity contribution < 1.29 is 9.90 Å². The van der Waals surface area contributed by atoms with Gasteiger partial charge in [-0.1, -0.05) is 18.6 Å². The Balaban J connectivity index is 1.25. The van der Waals surface area contributed by atoms with Crippen LogP contribution in [-0.4, -0.2) is 53.2 Å². The molecule has 1 aromatic rings. The average Bonchev–Trinajstić information content (AvgIpc) is 3.28. The maximum absolute atomic E-state index is 12.8. The topological polar surface area (TPSA) is 55.8 Å². The largest absolute Gasteiger partial charge is 0.508 e. The van der Waals surface area contributed by atoms with E-state index in [9.17, 15) is 9.90 Å². The number of benzene rings is 1. The minimum atomic E-state index is 0.0428. The molecule has 0 bridgehead atoms. The summed E-state index contributed by atoms with van der Waals surface area (Å²) in [4.78, 5) is 17.5. The molecule has 0 radical (unpaired) electrons. The number of carbonyl (C=O) groups excluding carboxylic acids is 1. The van der Waals surface area contributed by atoms with Crippen molar-refractivity contribution >= 4 is 6.03 Å². The Morgan fingerprint density at radius 3 is 3.00 bits per heavy atom. The maximum atomic E-state index is 12.8. The van der Waals surface area contributed by atoms with Gasteiger partial charge in [-0.25, -0.2) is 4.79 Å². The molecule has 5 heteroatoms. The number of phenols is 1. The van der Waals surface area contributed by atoms with E-state index in [0.29, 0.717) is 23.6 Å². The van der Waals surface area contributed by atoms with Gasteiger partial charge >= 0.3 is 6.03 Å². The van der Waals surface area contributed by atoms with Crippen molar-refractivity contribution in [1.82, 2.24) is 15.1 Å². The van der Waals surface area contributed by atoms with Crippen LogP contribution >= 0.6 is 0 Å². The predicted molar refractivity (Wildman–Crippen MR) is 95.5 cm³/mol. The third-order valence-electron chi connectivity index (χ3n) is 6.95. The number of hydrogen-bond acceptors (Lipinski definition) is 3. The third-order valence-corrected chi connectivity index (χ3v) is 6.95. The summed E-state index contributed by atoms with van der Waals surface area (Å²) < 4.78 is 0. The average molecular weight is 341 g/mol. The first kappa shape index (κ1) is 15.5. The standard InChI is InChI=1S/C20H27N3O2/c24-19-6-3-4-14-15(19)7-8-17(14)21-20(25)23-11-13-10-22-9-2-1-5-18(22)16(13)12-23/h3-4,6,13,16-18,24H,1-2,5,7-12H2,(H,21,25)/t13-,16+,17+,18+/m0/s1. The summed E-state index contributed by atoms with van der Waals surface area (Å²) in [5, 5.41) is 13.2. The highest BCUT2D eigenvalue weighted by Crippen LogP contribution is 2.41. The molecule has 3 aliphatic heterocycles. The molecule has 4 atom stereocenters. The molecule has 0 spiro atoms. The number of fused-ring (bicyclic) bond motifs is 4. The summed E-state index contributed by atoms with van der Waals surface area (Å²) in [6.07, 6.45) is 5.73. The van der Waals surface area contributed by atoms with Crippen LogP contribution in [0.2, 0.25) is 0 Å². The summed E-state index contributed by atoms with van der Waals surface area (Å²) >= 11 is 0. The number of nitrogens with zero attached hydrogens (tertiary/aromatic N) is 2. The SMILES string of the molecule is O=C(N[C@@H]1CCc2c(O)cccc21)N1C[C@@H]2CN3CCCC[C@@H]3[C@@H]2C1. The monoisotopic (exact) mass is 341 g/mol. The molecule has 3 heterocycles. The van der Waals surface area contributed by atoms with Gasteiger partial charge < -0.3 is 15.3 Å². The van der Waals surface area contributed by atoms with Gasteiger partial charge in [0.25, 0.3) is 0 Å². The summed E-state index contributed by atoms with van der Waals surface area (Å²) in [6, 6.07) is 6.47. The Morgan fingerprint density at radius 1 is 1.16 bits per heavy atom. The third kappa shape index (κ3) is 2.51. The lowest BCUT2D eigenvalue weighted by Gasteiger charge is -2.33. The van der Waals surface area contributed by atoms with Crippen LogP contribution in [0.5, 0.6) is 5.75 Å². The molecule has 0 aromatic heterocycles. The lowest BCUT2D eigenvalue weighted by atomic mass is 9.90. The summed E-state index contributed by atoms with van der Waals surface area (Å²) in [5.74, 6) is 1.70. The first-order chi connectivity index (χ1) is 12.2. The summed E-state index contributed by atoms with van der Waals surface area (Å²) in [7, 11) is 0. The van der Waals surface area contributed by atoms with Crippen molar-refractivity contribution in [2.75, 3.05) is 26.2 Å². The molecular weight excluding hydrogens is 314 g/mol. The molecule has 5 rings (SSSR count). The van der Waals surface area contributed by atoms with E-state index in [-0.39, 0.29) is 12.1 Å². The van der Waals surface area contributed by atoms with Crippen molar-refractivity contribution in [1.29, 1.82) is 0 Å². The predicted octanol–water partition coefficient (Wildman–Crippen LogP) is 2.51. The number of carbonyl (C=O) groups is 1. The van der Waals surface area contributed by atoms with Crippen molar-refractivity contribution in [3.63, 3.8) is 0 Å². The van der Waals surface area contributed by atoms with Gasteiger partial charge in [-0.05, 0) is 61.3 Å². The Labute approximate surface area is 149 Å². The van der Waals surface area contributed by atoms with E-state index in [2.05, 4.69) is 10.2 Å². The smallest absolute Gasteiger partial charge is 0.317 e. The van der Waals surface area contributed by atoms with Crippen molar-refractivity contribution in [3.05, 3.63) is 29.3 Å². The van der Waals surface area contributed by atoms with E-state index < -0.39 is 0 Å². The van der Waals surface area contributed by atoms with Gasteiger partial charge in [0.2, 0.25) is 0 Å². The Kier molecular flexibility index (Phi) is 3.66. The van der Waals surface area contributed by atoms with E-state index >= 15 is 0 Å². The first-order valence-electron chi connectivity index (χ1n) is 9.81. The van der Waals surface area contributed by atoms with Crippen LogP contribution in [-0.2, 0) is 6.42 Å². The normalized spacial score (nSPS) is 33.8. The second-order valence-electron chi connectivity index (χ2n) is 8.27. The minimum absolute atomic E-state index is 0.0428. The number of likely N-dealkylation sites (tertiary alicyclic amines) is 1. The number of rotatable bonds is 1. The van der Waals surface area contributed by atoms with Crippen LogP contribution < -0.4 is 5.32 Å². The molecule has 5 nitrogen and oxygen atoms in total. The zero-order valence-electron chi connectivity index (χ0n) is 14.7. The van der Waals surface area contributed by atoms with E-state index in [1.54, 1.807) is 6.07 Å². The molecule has 3 saturated heterocycles. The summed E-state index contributed by atoms with van der Waals surface area (Å²) in [5.41, 5.74) is 2.09. The lowest BCUT2D eigenvalue weighted by molar-refractivity contribution is 0.153. The minimum Gasteiger partial charge on any atom is -0.508 e. The fraction of sp³-hybridized carbons (Fsp3) is 0.650. The molecule has 134 valence electrons. The Bertz CT molecular complexity index is 692. The zero-order valence-corrected chi connectivity index (χ0v) is 14.7. The quantitative estimate of drug-likeness (QED) is 0.825. The second kappa shape index (κ2) is 5.90. The number of amides is 2. The Morgan fingerprint density at radius 2 is 2.08 bits per heavy atom.